The van der Waals surface area contributed by atoms with Gasteiger partial charge in [0.05, 0.1) is 5.41 Å². The van der Waals surface area contributed by atoms with Crippen LogP contribution in [0.3, 0.4) is 0 Å². The minimum absolute atomic E-state index is 0.0136. The van der Waals surface area contributed by atoms with Crippen molar-refractivity contribution in [3.63, 3.8) is 0 Å². The quantitative estimate of drug-likeness (QED) is 0.877. The number of ether oxygens (including phenoxy) is 1. The number of hydrogen-bond acceptors (Lipinski definition) is 3. The fourth-order valence-corrected chi connectivity index (χ4v) is 3.03. The van der Waals surface area contributed by atoms with Crippen LogP contribution in [0.25, 0.3) is 0 Å². The van der Waals surface area contributed by atoms with Gasteiger partial charge >= 0.3 is 12.1 Å². The first-order valence-electron chi connectivity index (χ1n) is 8.10. The van der Waals surface area contributed by atoms with Crippen molar-refractivity contribution in [2.45, 2.75) is 45.6 Å². The average Bonchev–Trinajstić information content (AvgIpc) is 2.46. The molecule has 0 aliphatic carbocycles. The van der Waals surface area contributed by atoms with Crippen LogP contribution in [0.4, 0.5) is 13.6 Å². The van der Waals surface area contributed by atoms with E-state index in [9.17, 15) is 23.5 Å². The van der Waals surface area contributed by atoms with Crippen LogP contribution in [0, 0.1) is 17.0 Å². The Morgan fingerprint density at radius 2 is 1.96 bits per heavy atom. The van der Waals surface area contributed by atoms with E-state index in [2.05, 4.69) is 0 Å². The monoisotopic (exact) mass is 355 g/mol. The van der Waals surface area contributed by atoms with Gasteiger partial charge in [0.15, 0.2) is 0 Å². The van der Waals surface area contributed by atoms with Gasteiger partial charge in [-0.05, 0) is 45.7 Å². The highest BCUT2D eigenvalue weighted by molar-refractivity contribution is 5.77. The lowest BCUT2D eigenvalue weighted by molar-refractivity contribution is -0.152. The van der Waals surface area contributed by atoms with E-state index in [-0.39, 0.29) is 25.1 Å². The molecule has 0 unspecified atom stereocenters. The number of benzene rings is 1. The first kappa shape index (κ1) is 19.1. The van der Waals surface area contributed by atoms with E-state index in [4.69, 9.17) is 4.74 Å². The molecule has 138 valence electrons. The summed E-state index contributed by atoms with van der Waals surface area (Å²) in [6.45, 7) is 6.89. The predicted molar refractivity (Wildman–Crippen MR) is 87.3 cm³/mol. The lowest BCUT2D eigenvalue weighted by atomic mass is 9.68. The van der Waals surface area contributed by atoms with Crippen molar-refractivity contribution in [2.75, 3.05) is 13.1 Å². The van der Waals surface area contributed by atoms with Gasteiger partial charge in [-0.15, -0.1) is 0 Å². The SMILES string of the molecule is CC(C)(C)OC(=O)N1CC[C@@](C)(C(=O)O)[C@H](c2ccc(F)cc2F)C1. The number of amides is 1. The van der Waals surface area contributed by atoms with Gasteiger partial charge in [-0.3, -0.25) is 4.79 Å². The van der Waals surface area contributed by atoms with Crippen molar-refractivity contribution in [2.24, 2.45) is 5.41 Å². The molecule has 1 amide bonds. The topological polar surface area (TPSA) is 66.8 Å². The Morgan fingerprint density at radius 3 is 2.48 bits per heavy atom. The maximum absolute atomic E-state index is 14.3. The second-order valence-corrected chi connectivity index (χ2v) is 7.62. The molecule has 1 saturated heterocycles. The smallest absolute Gasteiger partial charge is 0.410 e. The lowest BCUT2D eigenvalue weighted by Crippen LogP contribution is -2.51. The predicted octanol–water partition coefficient (Wildman–Crippen LogP) is 3.78. The zero-order valence-electron chi connectivity index (χ0n) is 14.8. The van der Waals surface area contributed by atoms with E-state index in [1.165, 1.54) is 17.9 Å². The Labute approximate surface area is 145 Å². The molecule has 1 N–H and O–H groups in total. The fraction of sp³-hybridized carbons (Fsp3) is 0.556. The van der Waals surface area contributed by atoms with Gasteiger partial charge in [-0.1, -0.05) is 6.07 Å². The number of carboxylic acid groups (broad SMARTS) is 1. The zero-order valence-corrected chi connectivity index (χ0v) is 14.8. The molecule has 0 saturated carbocycles. The number of aliphatic carboxylic acids is 1. The number of halogens is 2. The minimum Gasteiger partial charge on any atom is -0.481 e. The molecule has 2 atom stereocenters. The number of carboxylic acids is 1. The van der Waals surface area contributed by atoms with E-state index in [1.807, 2.05) is 0 Å². The van der Waals surface area contributed by atoms with Crippen LogP contribution in [0.5, 0.6) is 0 Å². The first-order chi connectivity index (χ1) is 11.4. The highest BCUT2D eigenvalue weighted by atomic mass is 19.1. The number of likely N-dealkylation sites (tertiary alicyclic amines) is 1. The van der Waals surface area contributed by atoms with Crippen molar-refractivity contribution < 1.29 is 28.2 Å². The molecule has 1 aliphatic rings. The molecular weight excluding hydrogens is 332 g/mol. The van der Waals surface area contributed by atoms with E-state index in [0.29, 0.717) is 0 Å². The molecule has 7 heteroatoms. The first-order valence-corrected chi connectivity index (χ1v) is 8.10. The summed E-state index contributed by atoms with van der Waals surface area (Å²) < 4.78 is 32.8. The van der Waals surface area contributed by atoms with Crippen LogP contribution in [0.1, 0.15) is 45.6 Å². The number of piperidine rings is 1. The molecule has 25 heavy (non-hydrogen) atoms. The van der Waals surface area contributed by atoms with Gasteiger partial charge < -0.3 is 14.7 Å². The molecule has 0 bridgehead atoms. The van der Waals surface area contributed by atoms with Gasteiger partial charge in [0, 0.05) is 25.1 Å². The van der Waals surface area contributed by atoms with Crippen molar-refractivity contribution in [1.82, 2.24) is 4.90 Å². The summed E-state index contributed by atoms with van der Waals surface area (Å²) in [5, 5.41) is 9.65. The fourth-order valence-electron chi connectivity index (χ4n) is 3.03. The summed E-state index contributed by atoms with van der Waals surface area (Å²) in [5.74, 6) is -3.45. The summed E-state index contributed by atoms with van der Waals surface area (Å²) in [4.78, 5) is 25.5. The number of carbonyl (C=O) groups excluding carboxylic acids is 1. The molecule has 1 aromatic rings. The highest BCUT2D eigenvalue weighted by Gasteiger charge is 2.48. The Hall–Kier alpha value is -2.18. The van der Waals surface area contributed by atoms with Gasteiger partial charge in [0.25, 0.3) is 0 Å². The van der Waals surface area contributed by atoms with Crippen molar-refractivity contribution in [3.8, 4) is 0 Å². The molecule has 0 radical (unpaired) electrons. The van der Waals surface area contributed by atoms with Crippen LogP contribution in [-0.2, 0) is 9.53 Å². The molecule has 1 heterocycles. The number of nitrogens with zero attached hydrogens (tertiary/aromatic N) is 1. The summed E-state index contributed by atoms with van der Waals surface area (Å²) in [6, 6.07) is 3.06. The summed E-state index contributed by atoms with van der Waals surface area (Å²) in [7, 11) is 0. The zero-order chi connectivity index (χ0) is 19.0. The molecule has 1 aromatic carbocycles. The molecule has 1 fully saturated rings. The van der Waals surface area contributed by atoms with Crippen LogP contribution in [-0.4, -0.2) is 40.8 Å². The largest absolute Gasteiger partial charge is 0.481 e. The Kier molecular flexibility index (Phi) is 5.06. The maximum Gasteiger partial charge on any atom is 0.410 e. The standard InChI is InChI=1S/C18H23F2NO4/c1-17(2,3)25-16(24)21-8-7-18(4,15(22)23)13(10-21)12-6-5-11(19)9-14(12)20/h5-6,9,13H,7-8,10H2,1-4H3,(H,22,23)/t13-,18+/m0/s1. The third-order valence-electron chi connectivity index (χ3n) is 4.55. The number of rotatable bonds is 2. The second kappa shape index (κ2) is 6.61. The van der Waals surface area contributed by atoms with Crippen molar-refractivity contribution in [1.29, 1.82) is 0 Å². The Bertz CT molecular complexity index is 686. The highest BCUT2D eigenvalue weighted by Crippen LogP contribution is 2.44. The molecule has 1 aliphatic heterocycles. The molecule has 0 aromatic heterocycles. The second-order valence-electron chi connectivity index (χ2n) is 7.62. The molecule has 0 spiro atoms. The summed E-state index contributed by atoms with van der Waals surface area (Å²) in [6.07, 6.45) is -0.435. The van der Waals surface area contributed by atoms with Crippen LogP contribution in [0.2, 0.25) is 0 Å². The van der Waals surface area contributed by atoms with Gasteiger partial charge in [0.2, 0.25) is 0 Å². The lowest BCUT2D eigenvalue weighted by Gasteiger charge is -2.43. The molecular formula is C18H23F2NO4. The number of carbonyl (C=O) groups is 2. The maximum atomic E-state index is 14.3. The van der Waals surface area contributed by atoms with E-state index in [0.717, 1.165) is 12.1 Å². The van der Waals surface area contributed by atoms with Crippen LogP contribution < -0.4 is 0 Å². The van der Waals surface area contributed by atoms with Crippen LogP contribution in [0.15, 0.2) is 18.2 Å². The minimum atomic E-state index is -1.27. The Balaban J connectivity index is 2.36. The number of hydrogen-bond donors (Lipinski definition) is 1. The van der Waals surface area contributed by atoms with Gasteiger partial charge in [-0.2, -0.15) is 0 Å². The van der Waals surface area contributed by atoms with Crippen molar-refractivity contribution in [3.05, 3.63) is 35.4 Å². The normalized spacial score (nSPS) is 24.1. The van der Waals surface area contributed by atoms with E-state index >= 15 is 0 Å². The van der Waals surface area contributed by atoms with E-state index < -0.39 is 40.6 Å². The van der Waals surface area contributed by atoms with E-state index in [1.54, 1.807) is 20.8 Å². The third kappa shape index (κ3) is 4.08. The van der Waals surface area contributed by atoms with Gasteiger partial charge in [0.1, 0.15) is 17.2 Å². The average molecular weight is 355 g/mol. The summed E-state index contributed by atoms with van der Waals surface area (Å²) >= 11 is 0. The molecule has 2 rings (SSSR count). The molecule has 5 nitrogen and oxygen atoms in total. The van der Waals surface area contributed by atoms with Gasteiger partial charge in [-0.25, -0.2) is 13.6 Å². The summed E-state index contributed by atoms with van der Waals surface area (Å²) in [5.41, 5.74) is -1.88. The van der Waals surface area contributed by atoms with Crippen LogP contribution >= 0.6 is 0 Å². The Morgan fingerprint density at radius 1 is 1.32 bits per heavy atom. The third-order valence-corrected chi connectivity index (χ3v) is 4.55. The van der Waals surface area contributed by atoms with Crippen molar-refractivity contribution >= 4 is 12.1 Å².